The Morgan fingerprint density at radius 1 is 1.21 bits per heavy atom. The lowest BCUT2D eigenvalue weighted by Gasteiger charge is -2.31. The standard InChI is InChI=1S/C19H28N2O7S/c1-25-15-3-4-17(26-2)18(11-15)29(23,24)21-7-5-14(6-8-21)19(22)20-12-16-13-27-9-10-28-16/h3-4,11,14,16H,5-10,12-13H2,1-2H3,(H,20,22). The number of nitrogens with zero attached hydrogens (tertiary/aromatic N) is 1. The number of rotatable bonds is 7. The molecule has 3 rings (SSSR count). The van der Waals surface area contributed by atoms with Crippen LogP contribution in [0.3, 0.4) is 0 Å². The first-order chi connectivity index (χ1) is 14.0. The van der Waals surface area contributed by atoms with Gasteiger partial charge in [-0.1, -0.05) is 0 Å². The number of nitrogens with one attached hydrogen (secondary N) is 1. The van der Waals surface area contributed by atoms with Crippen LogP contribution in [0.15, 0.2) is 23.1 Å². The van der Waals surface area contributed by atoms with Gasteiger partial charge in [0.25, 0.3) is 0 Å². The van der Waals surface area contributed by atoms with E-state index in [1.165, 1.54) is 24.6 Å². The predicted molar refractivity (Wildman–Crippen MR) is 105 cm³/mol. The molecule has 1 N–H and O–H groups in total. The van der Waals surface area contributed by atoms with Crippen molar-refractivity contribution in [2.45, 2.75) is 23.8 Å². The van der Waals surface area contributed by atoms with E-state index in [-0.39, 0.29) is 41.7 Å². The highest BCUT2D eigenvalue weighted by Crippen LogP contribution is 2.32. The van der Waals surface area contributed by atoms with Crippen LogP contribution >= 0.6 is 0 Å². The van der Waals surface area contributed by atoms with Crippen molar-refractivity contribution in [2.75, 3.05) is 53.7 Å². The second kappa shape index (κ2) is 9.75. The topological polar surface area (TPSA) is 103 Å². The van der Waals surface area contributed by atoms with Gasteiger partial charge in [-0.2, -0.15) is 4.31 Å². The van der Waals surface area contributed by atoms with E-state index < -0.39 is 10.0 Å². The smallest absolute Gasteiger partial charge is 0.246 e. The minimum atomic E-state index is -3.76. The number of hydrogen-bond acceptors (Lipinski definition) is 7. The van der Waals surface area contributed by atoms with Crippen LogP contribution in [0.25, 0.3) is 0 Å². The van der Waals surface area contributed by atoms with Crippen molar-refractivity contribution in [3.05, 3.63) is 18.2 Å². The molecule has 1 atom stereocenters. The molecular weight excluding hydrogens is 400 g/mol. The highest BCUT2D eigenvalue weighted by atomic mass is 32.2. The molecule has 2 fully saturated rings. The Morgan fingerprint density at radius 3 is 2.59 bits per heavy atom. The molecule has 9 nitrogen and oxygen atoms in total. The zero-order valence-electron chi connectivity index (χ0n) is 16.8. The summed E-state index contributed by atoms with van der Waals surface area (Å²) in [6.07, 6.45) is 0.785. The third-order valence-electron chi connectivity index (χ3n) is 5.20. The molecular formula is C19H28N2O7S. The fourth-order valence-corrected chi connectivity index (χ4v) is 5.14. The monoisotopic (exact) mass is 428 g/mol. The second-order valence-electron chi connectivity index (χ2n) is 7.01. The zero-order chi connectivity index (χ0) is 20.9. The van der Waals surface area contributed by atoms with Gasteiger partial charge in [0.1, 0.15) is 16.4 Å². The van der Waals surface area contributed by atoms with Gasteiger partial charge in [0.2, 0.25) is 15.9 Å². The molecule has 2 aliphatic heterocycles. The van der Waals surface area contributed by atoms with Crippen LogP contribution in [-0.2, 0) is 24.3 Å². The fraction of sp³-hybridized carbons (Fsp3) is 0.632. The summed E-state index contributed by atoms with van der Waals surface area (Å²) in [5, 5.41) is 2.89. The summed E-state index contributed by atoms with van der Waals surface area (Å²) in [5.41, 5.74) is 0. The van der Waals surface area contributed by atoms with Gasteiger partial charge in [-0.3, -0.25) is 4.79 Å². The van der Waals surface area contributed by atoms with Crippen LogP contribution in [0.5, 0.6) is 11.5 Å². The summed E-state index contributed by atoms with van der Waals surface area (Å²) in [6, 6.07) is 4.68. The molecule has 0 aliphatic carbocycles. The van der Waals surface area contributed by atoms with Gasteiger partial charge in [-0.25, -0.2) is 8.42 Å². The number of ether oxygens (including phenoxy) is 4. The molecule has 29 heavy (non-hydrogen) atoms. The summed E-state index contributed by atoms with van der Waals surface area (Å²) in [5.74, 6) is 0.404. The lowest BCUT2D eigenvalue weighted by atomic mass is 9.97. The van der Waals surface area contributed by atoms with Crippen LogP contribution in [0.4, 0.5) is 0 Å². The lowest BCUT2D eigenvalue weighted by molar-refractivity contribution is -0.128. The number of hydrogen-bond donors (Lipinski definition) is 1. The summed E-state index contributed by atoms with van der Waals surface area (Å²) in [6.45, 7) is 2.52. The average Bonchev–Trinajstić information content (AvgIpc) is 2.77. The number of amides is 1. The van der Waals surface area contributed by atoms with E-state index in [9.17, 15) is 13.2 Å². The first-order valence-electron chi connectivity index (χ1n) is 9.65. The van der Waals surface area contributed by atoms with Gasteiger partial charge >= 0.3 is 0 Å². The van der Waals surface area contributed by atoms with Crippen molar-refractivity contribution in [1.29, 1.82) is 0 Å². The Labute approximate surface area is 171 Å². The van der Waals surface area contributed by atoms with Gasteiger partial charge in [0.05, 0.1) is 40.1 Å². The summed E-state index contributed by atoms with van der Waals surface area (Å²) < 4.78 is 48.8. The summed E-state index contributed by atoms with van der Waals surface area (Å²) in [4.78, 5) is 12.5. The minimum Gasteiger partial charge on any atom is -0.497 e. The molecule has 0 aromatic heterocycles. The molecule has 1 unspecified atom stereocenters. The Morgan fingerprint density at radius 2 is 1.97 bits per heavy atom. The van der Waals surface area contributed by atoms with E-state index in [0.717, 1.165) is 0 Å². The first kappa shape index (κ1) is 21.8. The van der Waals surface area contributed by atoms with Crippen molar-refractivity contribution < 1.29 is 32.2 Å². The van der Waals surface area contributed by atoms with Crippen LogP contribution in [-0.4, -0.2) is 78.4 Å². The van der Waals surface area contributed by atoms with E-state index >= 15 is 0 Å². The number of carbonyl (C=O) groups excluding carboxylic acids is 1. The molecule has 0 radical (unpaired) electrons. The quantitative estimate of drug-likeness (QED) is 0.680. The largest absolute Gasteiger partial charge is 0.497 e. The number of sulfonamides is 1. The molecule has 2 heterocycles. The highest BCUT2D eigenvalue weighted by molar-refractivity contribution is 7.89. The Bertz CT molecular complexity index is 801. The van der Waals surface area contributed by atoms with Crippen molar-refractivity contribution in [1.82, 2.24) is 9.62 Å². The summed E-state index contributed by atoms with van der Waals surface area (Å²) >= 11 is 0. The average molecular weight is 429 g/mol. The van der Waals surface area contributed by atoms with Gasteiger partial charge in [-0.05, 0) is 25.0 Å². The summed E-state index contributed by atoms with van der Waals surface area (Å²) in [7, 11) is -0.848. The number of methoxy groups -OCH3 is 2. The maximum absolute atomic E-state index is 13.1. The predicted octanol–water partition coefficient (Wildman–Crippen LogP) is 0.636. The SMILES string of the molecule is COc1ccc(OC)c(S(=O)(=O)N2CCC(C(=O)NCC3COCCO3)CC2)c1. The zero-order valence-corrected chi connectivity index (χ0v) is 17.6. The van der Waals surface area contributed by atoms with Crippen LogP contribution < -0.4 is 14.8 Å². The fourth-order valence-electron chi connectivity index (χ4n) is 3.50. The van der Waals surface area contributed by atoms with Crippen molar-refractivity contribution in [2.24, 2.45) is 5.92 Å². The number of piperidine rings is 1. The van der Waals surface area contributed by atoms with Crippen LogP contribution in [0.1, 0.15) is 12.8 Å². The van der Waals surface area contributed by atoms with Crippen molar-refractivity contribution >= 4 is 15.9 Å². The highest BCUT2D eigenvalue weighted by Gasteiger charge is 2.34. The maximum atomic E-state index is 13.1. The van der Waals surface area contributed by atoms with Gasteiger partial charge in [0.15, 0.2) is 0 Å². The van der Waals surface area contributed by atoms with E-state index in [1.807, 2.05) is 0 Å². The Balaban J connectivity index is 1.58. The van der Waals surface area contributed by atoms with Crippen LogP contribution in [0.2, 0.25) is 0 Å². The molecule has 2 saturated heterocycles. The molecule has 1 aromatic rings. The van der Waals surface area contributed by atoms with Gasteiger partial charge in [0, 0.05) is 31.6 Å². The Hall–Kier alpha value is -1.88. The molecule has 2 aliphatic rings. The van der Waals surface area contributed by atoms with E-state index in [0.29, 0.717) is 45.0 Å². The first-order valence-corrected chi connectivity index (χ1v) is 11.1. The maximum Gasteiger partial charge on any atom is 0.246 e. The van der Waals surface area contributed by atoms with Crippen LogP contribution in [0, 0.1) is 5.92 Å². The van der Waals surface area contributed by atoms with E-state index in [4.69, 9.17) is 18.9 Å². The second-order valence-corrected chi connectivity index (χ2v) is 8.91. The molecule has 1 aromatic carbocycles. The van der Waals surface area contributed by atoms with Crippen molar-refractivity contribution in [3.63, 3.8) is 0 Å². The van der Waals surface area contributed by atoms with Gasteiger partial charge in [-0.15, -0.1) is 0 Å². The van der Waals surface area contributed by atoms with Crippen molar-refractivity contribution in [3.8, 4) is 11.5 Å². The van der Waals surface area contributed by atoms with E-state index in [2.05, 4.69) is 5.32 Å². The minimum absolute atomic E-state index is 0.0664. The number of benzene rings is 1. The molecule has 0 spiro atoms. The molecule has 0 saturated carbocycles. The van der Waals surface area contributed by atoms with E-state index in [1.54, 1.807) is 12.1 Å². The number of carbonyl (C=O) groups is 1. The molecule has 1 amide bonds. The molecule has 162 valence electrons. The Kier molecular flexibility index (Phi) is 7.33. The normalized spacial score (nSPS) is 21.5. The lowest BCUT2D eigenvalue weighted by Crippen LogP contribution is -2.45. The third kappa shape index (κ3) is 5.19. The molecule has 10 heteroatoms. The van der Waals surface area contributed by atoms with Gasteiger partial charge < -0.3 is 24.3 Å². The molecule has 0 bridgehead atoms. The third-order valence-corrected chi connectivity index (χ3v) is 7.12.